The van der Waals surface area contributed by atoms with Crippen molar-refractivity contribution in [3.8, 4) is 0 Å². The average Bonchev–Trinajstić information content (AvgIpc) is 3.01. The van der Waals surface area contributed by atoms with Gasteiger partial charge in [0.2, 0.25) is 0 Å². The molecule has 0 amide bonds. The quantitative estimate of drug-likeness (QED) is 0.744. The van der Waals surface area contributed by atoms with E-state index in [0.717, 1.165) is 29.5 Å². The molecule has 1 saturated carbocycles. The molecule has 0 aromatic heterocycles. The molecule has 0 N–H and O–H groups in total. The topological polar surface area (TPSA) is 6.48 Å². The highest BCUT2D eigenvalue weighted by Crippen LogP contribution is 2.31. The smallest absolute Gasteiger partial charge is 0.0467 e. The first-order valence-electron chi connectivity index (χ1n) is 7.62. The summed E-state index contributed by atoms with van der Waals surface area (Å²) < 4.78 is 0. The Balaban J connectivity index is 1.67. The van der Waals surface area contributed by atoms with Crippen LogP contribution in [-0.2, 0) is 5.33 Å². The lowest BCUT2D eigenvalue weighted by Crippen LogP contribution is -2.50. The second-order valence-corrected chi connectivity index (χ2v) is 6.80. The minimum Gasteiger partial charge on any atom is -0.369 e. The van der Waals surface area contributed by atoms with Crippen LogP contribution in [0.3, 0.4) is 0 Å². The average molecular weight is 358 g/mol. The van der Waals surface area contributed by atoms with E-state index in [2.05, 4.69) is 37.9 Å². The zero-order chi connectivity index (χ0) is 13.9. The first kappa shape index (κ1) is 14.7. The molecule has 1 aromatic rings. The van der Waals surface area contributed by atoms with Gasteiger partial charge in [0.25, 0.3) is 0 Å². The number of piperazine rings is 1. The number of nitrogens with zero attached hydrogens (tertiary/aromatic N) is 2. The van der Waals surface area contributed by atoms with Gasteiger partial charge in [-0.1, -0.05) is 46.4 Å². The molecule has 2 fully saturated rings. The van der Waals surface area contributed by atoms with E-state index in [1.165, 1.54) is 50.0 Å². The van der Waals surface area contributed by atoms with E-state index in [4.69, 9.17) is 11.6 Å². The van der Waals surface area contributed by atoms with Gasteiger partial charge in [0.1, 0.15) is 0 Å². The molecule has 0 radical (unpaired) electrons. The summed E-state index contributed by atoms with van der Waals surface area (Å²) in [6.45, 7) is 4.63. The van der Waals surface area contributed by atoms with Crippen molar-refractivity contribution in [3.63, 3.8) is 0 Å². The number of halogens is 2. The number of alkyl halides is 1. The molecule has 1 saturated heterocycles. The van der Waals surface area contributed by atoms with Gasteiger partial charge in [-0.25, -0.2) is 0 Å². The minimum atomic E-state index is 0.824. The predicted octanol–water partition coefficient (Wildman–Crippen LogP) is 4.30. The SMILES string of the molecule is Clc1cccc(N2CCN(C3CCCC3)CC2)c1CBr. The minimum absolute atomic E-state index is 0.824. The van der Waals surface area contributed by atoms with Gasteiger partial charge in [0.15, 0.2) is 0 Å². The van der Waals surface area contributed by atoms with E-state index in [9.17, 15) is 0 Å². The van der Waals surface area contributed by atoms with Crippen LogP contribution in [-0.4, -0.2) is 37.1 Å². The van der Waals surface area contributed by atoms with E-state index in [-0.39, 0.29) is 0 Å². The molecular formula is C16H22BrClN2. The van der Waals surface area contributed by atoms with Crippen molar-refractivity contribution >= 4 is 33.2 Å². The molecule has 0 unspecified atom stereocenters. The van der Waals surface area contributed by atoms with Crippen molar-refractivity contribution in [1.82, 2.24) is 4.90 Å². The van der Waals surface area contributed by atoms with Crippen molar-refractivity contribution in [1.29, 1.82) is 0 Å². The lowest BCUT2D eigenvalue weighted by Gasteiger charge is -2.39. The molecule has 2 nitrogen and oxygen atoms in total. The number of rotatable bonds is 3. The van der Waals surface area contributed by atoms with Gasteiger partial charge in [-0.2, -0.15) is 0 Å². The summed E-state index contributed by atoms with van der Waals surface area (Å²) >= 11 is 9.88. The van der Waals surface area contributed by atoms with Crippen LogP contribution in [0, 0.1) is 0 Å². The second kappa shape index (κ2) is 6.67. The van der Waals surface area contributed by atoms with E-state index in [1.54, 1.807) is 0 Å². The molecule has 110 valence electrons. The van der Waals surface area contributed by atoms with Crippen molar-refractivity contribution in [3.05, 3.63) is 28.8 Å². The summed E-state index contributed by atoms with van der Waals surface area (Å²) in [6.07, 6.45) is 5.66. The zero-order valence-electron chi connectivity index (χ0n) is 11.8. The maximum absolute atomic E-state index is 6.31. The largest absolute Gasteiger partial charge is 0.369 e. The summed E-state index contributed by atoms with van der Waals surface area (Å²) in [4.78, 5) is 5.19. The van der Waals surface area contributed by atoms with Crippen LogP contribution in [0.15, 0.2) is 18.2 Å². The Bertz CT molecular complexity index is 452. The predicted molar refractivity (Wildman–Crippen MR) is 90.1 cm³/mol. The summed E-state index contributed by atoms with van der Waals surface area (Å²) in [5.74, 6) is 0. The van der Waals surface area contributed by atoms with Gasteiger partial charge in [0, 0.05) is 53.8 Å². The molecule has 2 aliphatic rings. The lowest BCUT2D eigenvalue weighted by atomic mass is 10.1. The van der Waals surface area contributed by atoms with Gasteiger partial charge >= 0.3 is 0 Å². The standard InChI is InChI=1S/C16H22BrClN2/c17-12-14-15(18)6-3-7-16(14)20-10-8-19(9-11-20)13-4-1-2-5-13/h3,6-7,13H,1-2,4-5,8-12H2. The van der Waals surface area contributed by atoms with Crippen molar-refractivity contribution < 1.29 is 0 Å². The summed E-state index contributed by atoms with van der Waals surface area (Å²) in [5.41, 5.74) is 2.53. The molecule has 1 aliphatic carbocycles. The number of anilines is 1. The van der Waals surface area contributed by atoms with Gasteiger partial charge in [-0.05, 0) is 25.0 Å². The van der Waals surface area contributed by atoms with E-state index in [1.807, 2.05) is 6.07 Å². The zero-order valence-corrected chi connectivity index (χ0v) is 14.2. The maximum atomic E-state index is 6.31. The van der Waals surface area contributed by atoms with Crippen molar-refractivity contribution in [2.75, 3.05) is 31.1 Å². The highest BCUT2D eigenvalue weighted by Gasteiger charge is 2.26. The Labute approximate surface area is 135 Å². The van der Waals surface area contributed by atoms with Crippen LogP contribution in [0.2, 0.25) is 5.02 Å². The van der Waals surface area contributed by atoms with Crippen LogP contribution in [0.1, 0.15) is 31.2 Å². The van der Waals surface area contributed by atoms with E-state index >= 15 is 0 Å². The van der Waals surface area contributed by atoms with Crippen molar-refractivity contribution in [2.45, 2.75) is 37.1 Å². The molecule has 0 bridgehead atoms. The fraction of sp³-hybridized carbons (Fsp3) is 0.625. The van der Waals surface area contributed by atoms with Crippen LogP contribution >= 0.6 is 27.5 Å². The Morgan fingerprint density at radius 1 is 1.10 bits per heavy atom. The van der Waals surface area contributed by atoms with E-state index in [0.29, 0.717) is 0 Å². The third-order valence-corrected chi connectivity index (χ3v) is 5.64. The van der Waals surface area contributed by atoms with Crippen LogP contribution < -0.4 is 4.90 Å². The normalized spacial score (nSPS) is 21.6. The fourth-order valence-electron chi connectivity index (χ4n) is 3.57. The fourth-order valence-corrected chi connectivity index (χ4v) is 4.56. The Hall–Kier alpha value is -0.250. The third-order valence-electron chi connectivity index (χ3n) is 4.72. The maximum Gasteiger partial charge on any atom is 0.0467 e. The first-order valence-corrected chi connectivity index (χ1v) is 9.12. The van der Waals surface area contributed by atoms with Crippen LogP contribution in [0.5, 0.6) is 0 Å². The molecule has 3 rings (SSSR count). The number of hydrogen-bond acceptors (Lipinski definition) is 2. The number of hydrogen-bond donors (Lipinski definition) is 0. The molecular weight excluding hydrogens is 336 g/mol. The van der Waals surface area contributed by atoms with Gasteiger partial charge in [-0.15, -0.1) is 0 Å². The van der Waals surface area contributed by atoms with Gasteiger partial charge < -0.3 is 4.90 Å². The van der Waals surface area contributed by atoms with Gasteiger partial charge in [0.05, 0.1) is 0 Å². The van der Waals surface area contributed by atoms with Crippen LogP contribution in [0.4, 0.5) is 5.69 Å². The molecule has 4 heteroatoms. The summed E-state index contributed by atoms with van der Waals surface area (Å²) in [6, 6.07) is 7.10. The number of benzene rings is 1. The summed E-state index contributed by atoms with van der Waals surface area (Å²) in [5, 5.41) is 1.70. The first-order chi connectivity index (χ1) is 9.79. The highest BCUT2D eigenvalue weighted by atomic mass is 79.9. The molecule has 0 atom stereocenters. The molecule has 1 aromatic carbocycles. The van der Waals surface area contributed by atoms with E-state index < -0.39 is 0 Å². The monoisotopic (exact) mass is 356 g/mol. The summed E-state index contributed by atoms with van der Waals surface area (Å²) in [7, 11) is 0. The lowest BCUT2D eigenvalue weighted by molar-refractivity contribution is 0.187. The molecule has 0 spiro atoms. The molecule has 20 heavy (non-hydrogen) atoms. The van der Waals surface area contributed by atoms with Gasteiger partial charge in [-0.3, -0.25) is 4.90 Å². The van der Waals surface area contributed by atoms with Crippen LogP contribution in [0.25, 0.3) is 0 Å². The molecule has 1 aliphatic heterocycles. The Kier molecular flexibility index (Phi) is 4.90. The third kappa shape index (κ3) is 3.00. The second-order valence-electron chi connectivity index (χ2n) is 5.83. The molecule has 1 heterocycles. The Morgan fingerprint density at radius 2 is 1.80 bits per heavy atom. The van der Waals surface area contributed by atoms with Crippen molar-refractivity contribution in [2.24, 2.45) is 0 Å². The Morgan fingerprint density at radius 3 is 2.45 bits per heavy atom. The highest BCUT2D eigenvalue weighted by molar-refractivity contribution is 9.08.